The Bertz CT molecular complexity index is 346. The van der Waals surface area contributed by atoms with Crippen molar-refractivity contribution in [1.82, 2.24) is 9.80 Å². The molecule has 1 aliphatic rings. The number of thiophene rings is 1. The summed E-state index contributed by atoms with van der Waals surface area (Å²) in [4.78, 5) is 15.7. The van der Waals surface area contributed by atoms with Gasteiger partial charge >= 0.3 is 0 Å². The number of nitrogens with two attached hydrogens (primary N) is 1. The van der Waals surface area contributed by atoms with Gasteiger partial charge in [0.15, 0.2) is 0 Å². The van der Waals surface area contributed by atoms with Gasteiger partial charge in [0, 0.05) is 32.7 Å². The van der Waals surface area contributed by atoms with Gasteiger partial charge in [-0.05, 0) is 22.4 Å². The zero-order chi connectivity index (χ0) is 11.5. The molecule has 2 rings (SSSR count). The van der Waals surface area contributed by atoms with Crippen LogP contribution in [0.4, 0.5) is 0 Å². The summed E-state index contributed by atoms with van der Waals surface area (Å²) in [6.45, 7) is 2.88. The van der Waals surface area contributed by atoms with Crippen LogP contribution in [0.15, 0.2) is 16.8 Å². The van der Waals surface area contributed by atoms with Gasteiger partial charge in [-0.3, -0.25) is 9.69 Å². The van der Waals surface area contributed by atoms with Crippen LogP contribution < -0.4 is 5.73 Å². The third kappa shape index (κ3) is 2.81. The molecule has 1 aromatic rings. The largest absolute Gasteiger partial charge is 0.340 e. The Morgan fingerprint density at radius 2 is 2.44 bits per heavy atom. The van der Waals surface area contributed by atoms with Gasteiger partial charge < -0.3 is 10.6 Å². The summed E-state index contributed by atoms with van der Waals surface area (Å²) in [5.74, 6) is 0.165. The summed E-state index contributed by atoms with van der Waals surface area (Å²) >= 11 is 1.66. The second-order valence-corrected chi connectivity index (χ2v) is 5.12. The molecule has 0 radical (unpaired) electrons. The molecule has 2 heterocycles. The van der Waals surface area contributed by atoms with Gasteiger partial charge in [0.25, 0.3) is 0 Å². The van der Waals surface area contributed by atoms with E-state index in [-0.39, 0.29) is 11.9 Å². The molecule has 88 valence electrons. The number of rotatable bonds is 4. The van der Waals surface area contributed by atoms with Gasteiger partial charge in [0.2, 0.25) is 5.91 Å². The van der Waals surface area contributed by atoms with Crippen LogP contribution in [0.2, 0.25) is 0 Å². The van der Waals surface area contributed by atoms with E-state index in [4.69, 9.17) is 5.73 Å². The maximum absolute atomic E-state index is 11.8. The molecular formula is C11H17N3OS. The van der Waals surface area contributed by atoms with Crippen molar-refractivity contribution in [3.05, 3.63) is 22.4 Å². The fraction of sp³-hybridized carbons (Fsp3) is 0.545. The molecule has 5 heteroatoms. The van der Waals surface area contributed by atoms with E-state index in [1.165, 1.54) is 5.56 Å². The van der Waals surface area contributed by atoms with Crippen molar-refractivity contribution in [2.45, 2.75) is 12.6 Å². The third-order valence-electron chi connectivity index (χ3n) is 2.77. The van der Waals surface area contributed by atoms with Crippen molar-refractivity contribution in [1.29, 1.82) is 0 Å². The third-order valence-corrected chi connectivity index (χ3v) is 3.50. The molecule has 0 spiro atoms. The molecule has 0 unspecified atom stereocenters. The summed E-state index contributed by atoms with van der Waals surface area (Å²) in [6, 6.07) is 2.31. The van der Waals surface area contributed by atoms with E-state index in [1.54, 1.807) is 16.2 Å². The van der Waals surface area contributed by atoms with Crippen LogP contribution in [0.1, 0.15) is 5.56 Å². The SMILES string of the molecule is CN(Cc1ccsc1)C(=O)CN1CC(N)C1. The number of carbonyl (C=O) groups is 1. The number of likely N-dealkylation sites (tertiary alicyclic amines) is 1. The standard InChI is InChI=1S/C11H17N3OS/c1-13(4-9-2-3-16-8-9)11(15)7-14-5-10(12)6-14/h2-3,8,10H,4-7,12H2,1H3. The van der Waals surface area contributed by atoms with Gasteiger partial charge in [-0.25, -0.2) is 0 Å². The summed E-state index contributed by atoms with van der Waals surface area (Å²) in [6.07, 6.45) is 0. The van der Waals surface area contributed by atoms with E-state index >= 15 is 0 Å². The number of likely N-dealkylation sites (N-methyl/N-ethyl adjacent to an activating group) is 1. The first-order chi connectivity index (χ1) is 7.65. The molecule has 1 amide bonds. The topological polar surface area (TPSA) is 49.6 Å². The number of hydrogen-bond donors (Lipinski definition) is 1. The van der Waals surface area contributed by atoms with Crippen molar-refractivity contribution in [3.8, 4) is 0 Å². The average molecular weight is 239 g/mol. The highest BCUT2D eigenvalue weighted by atomic mass is 32.1. The van der Waals surface area contributed by atoms with E-state index in [1.807, 2.05) is 18.5 Å². The Balaban J connectivity index is 1.76. The molecule has 0 atom stereocenters. The van der Waals surface area contributed by atoms with E-state index in [9.17, 15) is 4.79 Å². The average Bonchev–Trinajstić information content (AvgIpc) is 2.68. The highest BCUT2D eigenvalue weighted by molar-refractivity contribution is 7.07. The Morgan fingerprint density at radius 3 is 3.00 bits per heavy atom. The van der Waals surface area contributed by atoms with Gasteiger partial charge in [0.1, 0.15) is 0 Å². The van der Waals surface area contributed by atoms with E-state index < -0.39 is 0 Å². The molecule has 0 saturated carbocycles. The molecule has 0 aromatic carbocycles. The lowest BCUT2D eigenvalue weighted by Crippen LogP contribution is -2.57. The summed E-state index contributed by atoms with van der Waals surface area (Å²) in [5.41, 5.74) is 6.86. The summed E-state index contributed by atoms with van der Waals surface area (Å²) in [7, 11) is 1.85. The van der Waals surface area contributed by atoms with Gasteiger partial charge in [-0.15, -0.1) is 0 Å². The van der Waals surface area contributed by atoms with Crippen molar-refractivity contribution >= 4 is 17.2 Å². The molecule has 1 aromatic heterocycles. The fourth-order valence-corrected chi connectivity index (χ4v) is 2.46. The molecule has 1 fully saturated rings. The van der Waals surface area contributed by atoms with Crippen LogP contribution in [0.25, 0.3) is 0 Å². The van der Waals surface area contributed by atoms with Crippen LogP contribution in [-0.4, -0.2) is 48.4 Å². The summed E-state index contributed by atoms with van der Waals surface area (Å²) < 4.78 is 0. The Morgan fingerprint density at radius 1 is 1.69 bits per heavy atom. The van der Waals surface area contributed by atoms with Crippen molar-refractivity contribution in [2.75, 3.05) is 26.7 Å². The Hall–Kier alpha value is -0.910. The zero-order valence-corrected chi connectivity index (χ0v) is 10.2. The molecule has 4 nitrogen and oxygen atoms in total. The molecule has 16 heavy (non-hydrogen) atoms. The van der Waals surface area contributed by atoms with Crippen LogP contribution in [0, 0.1) is 0 Å². The smallest absolute Gasteiger partial charge is 0.236 e. The fourth-order valence-electron chi connectivity index (χ4n) is 1.80. The molecule has 0 aliphatic carbocycles. The van der Waals surface area contributed by atoms with Gasteiger partial charge in [-0.1, -0.05) is 0 Å². The minimum atomic E-state index is 0.165. The predicted molar refractivity (Wildman–Crippen MR) is 65.2 cm³/mol. The normalized spacial score (nSPS) is 17.1. The molecule has 1 aliphatic heterocycles. The monoisotopic (exact) mass is 239 g/mol. The van der Waals surface area contributed by atoms with Crippen LogP contribution in [0.5, 0.6) is 0 Å². The first kappa shape index (κ1) is 11.6. The zero-order valence-electron chi connectivity index (χ0n) is 9.43. The highest BCUT2D eigenvalue weighted by Gasteiger charge is 2.25. The highest BCUT2D eigenvalue weighted by Crippen LogP contribution is 2.10. The quantitative estimate of drug-likeness (QED) is 0.825. The predicted octanol–water partition coefficient (Wildman–Crippen LogP) is 0.349. The minimum absolute atomic E-state index is 0.165. The molecular weight excluding hydrogens is 222 g/mol. The maximum Gasteiger partial charge on any atom is 0.236 e. The Labute approximate surface area is 99.6 Å². The first-order valence-corrected chi connectivity index (χ1v) is 6.32. The van der Waals surface area contributed by atoms with Crippen molar-refractivity contribution in [3.63, 3.8) is 0 Å². The number of nitrogens with zero attached hydrogens (tertiary/aromatic N) is 2. The van der Waals surface area contributed by atoms with Crippen LogP contribution >= 0.6 is 11.3 Å². The molecule has 2 N–H and O–H groups in total. The lowest BCUT2D eigenvalue weighted by atomic mass is 10.1. The van der Waals surface area contributed by atoms with E-state index in [0.29, 0.717) is 13.1 Å². The minimum Gasteiger partial charge on any atom is -0.340 e. The molecule has 1 saturated heterocycles. The number of carbonyl (C=O) groups excluding carboxylic acids is 1. The molecule has 0 bridgehead atoms. The lowest BCUT2D eigenvalue weighted by Gasteiger charge is -2.37. The number of hydrogen-bond acceptors (Lipinski definition) is 4. The summed E-state index contributed by atoms with van der Waals surface area (Å²) in [5, 5.41) is 4.10. The second kappa shape index (κ2) is 4.95. The van der Waals surface area contributed by atoms with Gasteiger partial charge in [0.05, 0.1) is 6.54 Å². The Kier molecular flexibility index (Phi) is 3.58. The van der Waals surface area contributed by atoms with E-state index in [2.05, 4.69) is 10.3 Å². The number of amides is 1. The van der Waals surface area contributed by atoms with Crippen molar-refractivity contribution < 1.29 is 4.79 Å². The van der Waals surface area contributed by atoms with E-state index in [0.717, 1.165) is 13.1 Å². The second-order valence-electron chi connectivity index (χ2n) is 4.34. The lowest BCUT2D eigenvalue weighted by molar-refractivity contribution is -0.132. The maximum atomic E-state index is 11.8. The van der Waals surface area contributed by atoms with Gasteiger partial charge in [-0.2, -0.15) is 11.3 Å². The van der Waals surface area contributed by atoms with Crippen LogP contribution in [0.3, 0.4) is 0 Å². The first-order valence-electron chi connectivity index (χ1n) is 5.38. The van der Waals surface area contributed by atoms with Crippen LogP contribution in [-0.2, 0) is 11.3 Å². The van der Waals surface area contributed by atoms with Crippen molar-refractivity contribution in [2.24, 2.45) is 5.73 Å².